The number of ether oxygens (including phenoxy) is 1. The smallest absolute Gasteiger partial charge is 0.255 e. The van der Waals surface area contributed by atoms with Gasteiger partial charge >= 0.3 is 0 Å². The van der Waals surface area contributed by atoms with Gasteiger partial charge in [0.15, 0.2) is 0 Å². The van der Waals surface area contributed by atoms with Crippen molar-refractivity contribution in [3.8, 4) is 5.75 Å². The summed E-state index contributed by atoms with van der Waals surface area (Å²) in [6.45, 7) is 4.99. The number of carbonyl (C=O) groups excluding carboxylic acids is 2. The zero-order valence-corrected chi connectivity index (χ0v) is 19.1. The summed E-state index contributed by atoms with van der Waals surface area (Å²) < 4.78 is 6.39. The van der Waals surface area contributed by atoms with Crippen LogP contribution in [0.25, 0.3) is 0 Å². The molecule has 8 heteroatoms. The van der Waals surface area contributed by atoms with Crippen LogP contribution < -0.4 is 10.1 Å². The highest BCUT2D eigenvalue weighted by Crippen LogP contribution is 2.29. The topological polar surface area (TPSA) is 95.0 Å². The molecule has 0 radical (unpaired) electrons. The number of fused-ring (bicyclic) bond motifs is 1. The number of nitrogens with zero attached hydrogens (tertiary/aromatic N) is 3. The van der Waals surface area contributed by atoms with Crippen LogP contribution in [-0.4, -0.2) is 77.6 Å². The lowest BCUT2D eigenvalue weighted by atomic mass is 10.0. The minimum absolute atomic E-state index is 0.0624. The third kappa shape index (κ3) is 5.83. The van der Waals surface area contributed by atoms with Gasteiger partial charge in [-0.2, -0.15) is 0 Å². The van der Waals surface area contributed by atoms with Crippen molar-refractivity contribution in [2.45, 2.75) is 32.4 Å². The highest BCUT2D eigenvalue weighted by atomic mass is 16.5. The van der Waals surface area contributed by atoms with Crippen LogP contribution in [-0.2, 0) is 11.2 Å². The molecule has 1 aliphatic rings. The van der Waals surface area contributed by atoms with Gasteiger partial charge in [0, 0.05) is 48.2 Å². The van der Waals surface area contributed by atoms with E-state index in [1.165, 1.54) is 0 Å². The number of likely N-dealkylation sites (N-methyl/N-ethyl adjacent to an activating group) is 1. The van der Waals surface area contributed by atoms with Gasteiger partial charge in [-0.3, -0.25) is 14.6 Å². The lowest BCUT2D eigenvalue weighted by Crippen LogP contribution is -2.47. The molecule has 0 spiro atoms. The van der Waals surface area contributed by atoms with Crippen LogP contribution in [0.1, 0.15) is 29.8 Å². The molecule has 3 rings (SSSR count). The Bertz CT molecular complexity index is 935. The van der Waals surface area contributed by atoms with Gasteiger partial charge in [-0.1, -0.05) is 6.92 Å². The number of amides is 2. The maximum absolute atomic E-state index is 13.2. The number of nitrogens with one attached hydrogen (secondary N) is 1. The Morgan fingerprint density at radius 1 is 1.31 bits per heavy atom. The van der Waals surface area contributed by atoms with Crippen molar-refractivity contribution in [1.29, 1.82) is 0 Å². The summed E-state index contributed by atoms with van der Waals surface area (Å²) in [5.74, 6) is 0.369. The largest absolute Gasteiger partial charge is 0.488 e. The molecule has 1 aromatic carbocycles. The van der Waals surface area contributed by atoms with Crippen LogP contribution in [0.2, 0.25) is 0 Å². The van der Waals surface area contributed by atoms with Crippen LogP contribution in [0.3, 0.4) is 0 Å². The van der Waals surface area contributed by atoms with Gasteiger partial charge in [-0.25, -0.2) is 0 Å². The van der Waals surface area contributed by atoms with Crippen LogP contribution in [0.15, 0.2) is 42.7 Å². The van der Waals surface area contributed by atoms with E-state index in [1.54, 1.807) is 41.6 Å². The summed E-state index contributed by atoms with van der Waals surface area (Å²) in [5, 5.41) is 12.6. The lowest BCUT2D eigenvalue weighted by Gasteiger charge is -2.33. The number of carbonyl (C=O) groups is 2. The zero-order chi connectivity index (χ0) is 23.3. The van der Waals surface area contributed by atoms with Crippen molar-refractivity contribution in [1.82, 2.24) is 14.8 Å². The molecule has 32 heavy (non-hydrogen) atoms. The second kappa shape index (κ2) is 10.6. The molecule has 2 aromatic rings. The number of aliphatic hydroxyl groups excluding tert-OH is 1. The maximum Gasteiger partial charge on any atom is 0.255 e. The number of hydrogen-bond acceptors (Lipinski definition) is 6. The molecular weight excluding hydrogens is 408 g/mol. The van der Waals surface area contributed by atoms with Gasteiger partial charge in [0.05, 0.1) is 19.1 Å². The minimum Gasteiger partial charge on any atom is -0.488 e. The average molecular weight is 441 g/mol. The van der Waals surface area contributed by atoms with E-state index in [9.17, 15) is 14.7 Å². The Kier molecular flexibility index (Phi) is 7.82. The first-order valence-corrected chi connectivity index (χ1v) is 10.8. The van der Waals surface area contributed by atoms with Gasteiger partial charge in [-0.05, 0) is 51.4 Å². The molecule has 0 bridgehead atoms. The third-order valence-electron chi connectivity index (χ3n) is 5.66. The van der Waals surface area contributed by atoms with E-state index in [2.05, 4.69) is 22.1 Å². The summed E-state index contributed by atoms with van der Waals surface area (Å²) in [4.78, 5) is 33.4. The number of rotatable bonds is 6. The standard InChI is InChI=1S/C24H32N4O4/c1-16-13-28(17(2)15-29)23(30)12-19-11-20(26-24(31)18-7-9-25-10-8-18)5-6-21(19)32-22(16)14-27(3)4/h5-11,16-17,22,29H,12-15H2,1-4H3,(H,26,31)/t16-,17-,22+/m0/s1. The number of hydrogen-bond donors (Lipinski definition) is 2. The minimum atomic E-state index is -0.291. The molecule has 1 aromatic heterocycles. The molecule has 2 N–H and O–H groups in total. The summed E-state index contributed by atoms with van der Waals surface area (Å²) in [6.07, 6.45) is 3.11. The van der Waals surface area contributed by atoms with Gasteiger partial charge < -0.3 is 25.0 Å². The van der Waals surface area contributed by atoms with Crippen molar-refractivity contribution in [2.24, 2.45) is 5.92 Å². The van der Waals surface area contributed by atoms with Gasteiger partial charge in [0.2, 0.25) is 5.91 Å². The molecule has 0 unspecified atom stereocenters. The fraction of sp³-hybridized carbons (Fsp3) is 0.458. The fourth-order valence-corrected chi connectivity index (χ4v) is 3.79. The summed E-state index contributed by atoms with van der Waals surface area (Å²) in [5.41, 5.74) is 1.79. The van der Waals surface area contributed by atoms with Gasteiger partial charge in [0.1, 0.15) is 11.9 Å². The molecular formula is C24H32N4O4. The van der Waals surface area contributed by atoms with E-state index in [0.29, 0.717) is 35.7 Å². The first kappa shape index (κ1) is 23.7. The van der Waals surface area contributed by atoms with Crippen LogP contribution in [0.5, 0.6) is 5.75 Å². The number of pyridine rings is 1. The van der Waals surface area contributed by atoms with E-state index in [1.807, 2.05) is 27.1 Å². The predicted molar refractivity (Wildman–Crippen MR) is 123 cm³/mol. The number of anilines is 1. The molecule has 2 amide bonds. The average Bonchev–Trinajstić information content (AvgIpc) is 2.81. The Labute approximate surface area is 189 Å². The molecule has 2 heterocycles. The van der Waals surface area contributed by atoms with Crippen LogP contribution >= 0.6 is 0 Å². The van der Waals surface area contributed by atoms with Crippen molar-refractivity contribution < 1.29 is 19.4 Å². The van der Waals surface area contributed by atoms with E-state index in [0.717, 1.165) is 0 Å². The second-order valence-corrected chi connectivity index (χ2v) is 8.66. The summed E-state index contributed by atoms with van der Waals surface area (Å²) in [6, 6.07) is 8.37. The zero-order valence-electron chi connectivity index (χ0n) is 19.1. The Hall–Kier alpha value is -2.97. The molecule has 0 saturated heterocycles. The second-order valence-electron chi connectivity index (χ2n) is 8.66. The van der Waals surface area contributed by atoms with Crippen molar-refractivity contribution in [3.63, 3.8) is 0 Å². The predicted octanol–water partition coefficient (Wildman–Crippen LogP) is 2.04. The normalized spacial score (nSPS) is 19.9. The number of aromatic nitrogens is 1. The van der Waals surface area contributed by atoms with E-state index in [4.69, 9.17) is 4.74 Å². The molecule has 0 saturated carbocycles. The summed E-state index contributed by atoms with van der Waals surface area (Å²) in [7, 11) is 3.97. The lowest BCUT2D eigenvalue weighted by molar-refractivity contribution is -0.134. The molecule has 8 nitrogen and oxygen atoms in total. The Balaban J connectivity index is 1.92. The molecule has 0 fully saturated rings. The first-order chi connectivity index (χ1) is 15.3. The third-order valence-corrected chi connectivity index (χ3v) is 5.66. The van der Waals surface area contributed by atoms with E-state index in [-0.39, 0.29) is 42.9 Å². The summed E-state index contributed by atoms with van der Waals surface area (Å²) >= 11 is 0. The Morgan fingerprint density at radius 3 is 2.69 bits per heavy atom. The molecule has 1 aliphatic heterocycles. The molecule has 3 atom stereocenters. The van der Waals surface area contributed by atoms with Crippen molar-refractivity contribution in [3.05, 3.63) is 53.9 Å². The Morgan fingerprint density at radius 2 is 2.03 bits per heavy atom. The van der Waals surface area contributed by atoms with E-state index < -0.39 is 0 Å². The SMILES string of the molecule is C[C@H]1CN([C@@H](C)CO)C(=O)Cc2cc(NC(=O)c3ccncc3)ccc2O[C@@H]1CN(C)C. The fourth-order valence-electron chi connectivity index (χ4n) is 3.79. The highest BCUT2D eigenvalue weighted by molar-refractivity contribution is 6.04. The van der Waals surface area contributed by atoms with Crippen LogP contribution in [0.4, 0.5) is 5.69 Å². The monoisotopic (exact) mass is 440 g/mol. The highest BCUT2D eigenvalue weighted by Gasteiger charge is 2.30. The van der Waals surface area contributed by atoms with Crippen molar-refractivity contribution >= 4 is 17.5 Å². The molecule has 172 valence electrons. The maximum atomic E-state index is 13.2. The first-order valence-electron chi connectivity index (χ1n) is 10.8. The van der Waals surface area contributed by atoms with E-state index >= 15 is 0 Å². The quantitative estimate of drug-likeness (QED) is 0.714. The van der Waals surface area contributed by atoms with Gasteiger partial charge in [0.25, 0.3) is 5.91 Å². The van der Waals surface area contributed by atoms with Gasteiger partial charge in [-0.15, -0.1) is 0 Å². The number of benzene rings is 1. The van der Waals surface area contributed by atoms with Crippen molar-refractivity contribution in [2.75, 3.05) is 39.1 Å². The molecule has 0 aliphatic carbocycles. The number of aliphatic hydroxyl groups is 1. The van der Waals surface area contributed by atoms with Crippen LogP contribution in [0, 0.1) is 5.92 Å².